The standard InChI is InChI=1S/C31H49N7S/c1-11-37(12-2,13-3)19-17-36(18-20-38(14-4,15-5)16-6)28-22-24(7)27(21-25(28)8)34-35-31-30(33-10)26(9)29(23-32)39-31/h21-22H,11-20H2,1-9H3/q+2/b35-34+. The number of likely N-dealkylation sites (N-methyl/N-ethyl adjacent to an activating group) is 2. The predicted octanol–water partition coefficient (Wildman–Crippen LogP) is 8.07. The molecule has 0 fully saturated rings. The predicted molar refractivity (Wildman–Crippen MR) is 166 cm³/mol. The average molecular weight is 552 g/mol. The number of nitriles is 1. The summed E-state index contributed by atoms with van der Waals surface area (Å²) in [6, 6.07) is 6.54. The lowest BCUT2D eigenvalue weighted by Crippen LogP contribution is -2.54. The summed E-state index contributed by atoms with van der Waals surface area (Å²) in [5.41, 5.74) is 5.43. The van der Waals surface area contributed by atoms with Crippen LogP contribution >= 0.6 is 11.3 Å². The zero-order valence-electron chi connectivity index (χ0n) is 25.8. The molecular weight excluding hydrogens is 502 g/mol. The molecular formula is C31H49N7S+2. The molecule has 0 N–H and O–H groups in total. The summed E-state index contributed by atoms with van der Waals surface area (Å²) in [6.45, 7) is 38.7. The molecule has 212 valence electrons. The largest absolute Gasteiger partial charge is 0.360 e. The van der Waals surface area contributed by atoms with Crippen LogP contribution in [0.1, 0.15) is 63.1 Å². The molecule has 0 aliphatic heterocycles. The van der Waals surface area contributed by atoms with Crippen molar-refractivity contribution < 1.29 is 8.97 Å². The Bertz CT molecular complexity index is 1170. The van der Waals surface area contributed by atoms with Crippen LogP contribution in [0.4, 0.5) is 22.1 Å². The lowest BCUT2D eigenvalue weighted by Gasteiger charge is -2.41. The van der Waals surface area contributed by atoms with Gasteiger partial charge in [0.25, 0.3) is 0 Å². The van der Waals surface area contributed by atoms with Gasteiger partial charge >= 0.3 is 0 Å². The topological polar surface area (TPSA) is 56.1 Å². The van der Waals surface area contributed by atoms with E-state index in [1.807, 2.05) is 0 Å². The average Bonchev–Trinajstić information content (AvgIpc) is 3.28. The van der Waals surface area contributed by atoms with Gasteiger partial charge in [0.2, 0.25) is 5.69 Å². The van der Waals surface area contributed by atoms with E-state index >= 15 is 0 Å². The Kier molecular flexibility index (Phi) is 12.1. The molecule has 0 atom stereocenters. The van der Waals surface area contributed by atoms with Gasteiger partial charge in [-0.3, -0.25) is 0 Å². The molecule has 7 nitrogen and oxygen atoms in total. The Morgan fingerprint density at radius 3 is 1.79 bits per heavy atom. The summed E-state index contributed by atoms with van der Waals surface area (Å²) in [6.07, 6.45) is 0. The lowest BCUT2D eigenvalue weighted by molar-refractivity contribution is -0.923. The maximum absolute atomic E-state index is 9.36. The number of hydrogen-bond donors (Lipinski definition) is 0. The SMILES string of the molecule is [C-]#[N+]c1c(/N=N/c2cc(C)c(N(CC[N+](CC)(CC)CC)CC[N+](CC)(CC)CC)cc2C)sc(C#N)c1C. The minimum Gasteiger partial charge on any atom is -0.360 e. The van der Waals surface area contributed by atoms with Crippen molar-refractivity contribution in [1.29, 1.82) is 5.26 Å². The fourth-order valence-electron chi connectivity index (χ4n) is 5.44. The van der Waals surface area contributed by atoms with Gasteiger partial charge in [-0.25, -0.2) is 4.85 Å². The van der Waals surface area contributed by atoms with Crippen LogP contribution in [-0.4, -0.2) is 74.4 Å². The van der Waals surface area contributed by atoms with Crippen LogP contribution < -0.4 is 4.90 Å². The first-order valence-electron chi connectivity index (χ1n) is 14.5. The number of thiophene rings is 1. The third-order valence-electron chi connectivity index (χ3n) is 9.13. The molecule has 39 heavy (non-hydrogen) atoms. The highest BCUT2D eigenvalue weighted by atomic mass is 32.1. The van der Waals surface area contributed by atoms with Crippen molar-refractivity contribution in [1.82, 2.24) is 0 Å². The number of hydrogen-bond acceptors (Lipinski definition) is 5. The second kappa shape index (κ2) is 14.6. The Morgan fingerprint density at radius 1 is 0.846 bits per heavy atom. The third-order valence-corrected chi connectivity index (χ3v) is 10.2. The molecule has 0 spiro atoms. The van der Waals surface area contributed by atoms with E-state index in [2.05, 4.69) is 93.6 Å². The summed E-state index contributed by atoms with van der Waals surface area (Å²) < 4.78 is 2.26. The van der Waals surface area contributed by atoms with Gasteiger partial charge in [-0.15, -0.1) is 11.3 Å². The van der Waals surface area contributed by atoms with E-state index in [1.165, 1.54) is 22.6 Å². The fourth-order valence-corrected chi connectivity index (χ4v) is 6.30. The number of benzene rings is 1. The second-order valence-corrected chi connectivity index (χ2v) is 11.6. The summed E-state index contributed by atoms with van der Waals surface area (Å²) in [5, 5.41) is 18.8. The van der Waals surface area contributed by atoms with Gasteiger partial charge in [0, 0.05) is 5.69 Å². The van der Waals surface area contributed by atoms with Gasteiger partial charge in [0.15, 0.2) is 0 Å². The molecule has 0 aliphatic carbocycles. The highest BCUT2D eigenvalue weighted by molar-refractivity contribution is 7.17. The van der Waals surface area contributed by atoms with E-state index in [0.29, 0.717) is 21.1 Å². The summed E-state index contributed by atoms with van der Waals surface area (Å²) in [5.74, 6) is 0. The molecule has 0 unspecified atom stereocenters. The van der Waals surface area contributed by atoms with E-state index in [9.17, 15) is 5.26 Å². The molecule has 0 radical (unpaired) electrons. The first-order valence-corrected chi connectivity index (χ1v) is 15.3. The molecule has 1 aromatic heterocycles. The maximum atomic E-state index is 9.36. The molecule has 0 amide bonds. The summed E-state index contributed by atoms with van der Waals surface area (Å²) >= 11 is 1.23. The monoisotopic (exact) mass is 551 g/mol. The smallest absolute Gasteiger partial charge is 0.229 e. The van der Waals surface area contributed by atoms with Gasteiger partial charge in [0.05, 0.1) is 82.6 Å². The van der Waals surface area contributed by atoms with Crippen molar-refractivity contribution >= 4 is 33.4 Å². The maximum Gasteiger partial charge on any atom is 0.229 e. The normalized spacial score (nSPS) is 12.1. The van der Waals surface area contributed by atoms with Crippen LogP contribution in [-0.2, 0) is 0 Å². The minimum absolute atomic E-state index is 0.422. The van der Waals surface area contributed by atoms with Crippen molar-refractivity contribution in [3.05, 3.63) is 45.1 Å². The van der Waals surface area contributed by atoms with Crippen molar-refractivity contribution in [2.45, 2.75) is 62.3 Å². The second-order valence-electron chi connectivity index (χ2n) is 10.6. The van der Waals surface area contributed by atoms with Crippen molar-refractivity contribution in [2.75, 3.05) is 70.3 Å². The number of nitrogens with zero attached hydrogens (tertiary/aromatic N) is 7. The van der Waals surface area contributed by atoms with Crippen molar-refractivity contribution in [2.24, 2.45) is 10.2 Å². The van der Waals surface area contributed by atoms with Crippen LogP contribution in [0.3, 0.4) is 0 Å². The van der Waals surface area contributed by atoms with Crippen molar-refractivity contribution in [3.63, 3.8) is 0 Å². The lowest BCUT2D eigenvalue weighted by atomic mass is 10.1. The van der Waals surface area contributed by atoms with Crippen LogP contribution in [0.25, 0.3) is 4.85 Å². The molecule has 1 heterocycles. The van der Waals surface area contributed by atoms with Gasteiger partial charge in [0.1, 0.15) is 11.1 Å². The van der Waals surface area contributed by atoms with Gasteiger partial charge < -0.3 is 13.9 Å². The highest BCUT2D eigenvalue weighted by Crippen LogP contribution is 2.42. The Hall–Kier alpha value is -2.78. The molecule has 0 saturated heterocycles. The molecule has 8 heteroatoms. The molecule has 1 aromatic carbocycles. The highest BCUT2D eigenvalue weighted by Gasteiger charge is 2.26. The Balaban J connectivity index is 2.45. The first kappa shape index (κ1) is 32.4. The van der Waals surface area contributed by atoms with E-state index in [0.717, 1.165) is 85.7 Å². The van der Waals surface area contributed by atoms with E-state index in [-0.39, 0.29) is 0 Å². The van der Waals surface area contributed by atoms with E-state index < -0.39 is 0 Å². The van der Waals surface area contributed by atoms with Crippen LogP contribution in [0.15, 0.2) is 22.4 Å². The third kappa shape index (κ3) is 7.45. The van der Waals surface area contributed by atoms with E-state index in [4.69, 9.17) is 6.57 Å². The Morgan fingerprint density at radius 2 is 1.36 bits per heavy atom. The molecule has 0 bridgehead atoms. The van der Waals surface area contributed by atoms with Gasteiger partial charge in [-0.2, -0.15) is 15.5 Å². The molecule has 0 saturated carbocycles. The van der Waals surface area contributed by atoms with Gasteiger partial charge in [-0.05, 0) is 91.1 Å². The Labute approximate surface area is 241 Å². The van der Waals surface area contributed by atoms with Crippen LogP contribution in [0.5, 0.6) is 0 Å². The quantitative estimate of drug-likeness (QED) is 0.128. The van der Waals surface area contributed by atoms with Gasteiger partial charge in [-0.1, -0.05) is 0 Å². The number of anilines is 1. The minimum atomic E-state index is 0.422. The van der Waals surface area contributed by atoms with Crippen LogP contribution in [0, 0.1) is 38.7 Å². The van der Waals surface area contributed by atoms with Crippen molar-refractivity contribution in [3.8, 4) is 6.07 Å². The molecule has 0 aliphatic rings. The number of azo groups is 1. The zero-order chi connectivity index (χ0) is 29.2. The number of aryl methyl sites for hydroxylation is 2. The molecule has 2 aromatic rings. The first-order chi connectivity index (χ1) is 18.6. The number of quaternary nitrogens is 2. The fraction of sp³-hybridized carbons (Fsp3) is 0.613. The summed E-state index contributed by atoms with van der Waals surface area (Å²) in [7, 11) is 0. The summed E-state index contributed by atoms with van der Waals surface area (Å²) in [4.78, 5) is 6.72. The molecule has 2 rings (SSSR count). The number of rotatable bonds is 15. The van der Waals surface area contributed by atoms with Crippen LogP contribution in [0.2, 0.25) is 0 Å². The zero-order valence-corrected chi connectivity index (χ0v) is 26.6. The van der Waals surface area contributed by atoms with E-state index in [1.54, 1.807) is 6.92 Å².